The molecule has 0 saturated heterocycles. The second kappa shape index (κ2) is 12.4. The Morgan fingerprint density at radius 2 is 1.88 bits per heavy atom. The second-order valence-corrected chi connectivity index (χ2v) is 10.9. The molecule has 0 fully saturated rings. The highest BCUT2D eigenvalue weighted by Crippen LogP contribution is 2.39. The molecule has 15 heteroatoms. The first-order valence-corrected chi connectivity index (χ1v) is 13.2. The molecular formula is C25H21F6N5O2S2. The molecule has 1 N–H and O–H groups in total. The lowest BCUT2D eigenvalue weighted by Crippen LogP contribution is -2.41. The molecule has 0 radical (unpaired) electrons. The van der Waals surface area contributed by atoms with Gasteiger partial charge in [0.2, 0.25) is 0 Å². The van der Waals surface area contributed by atoms with Crippen LogP contribution < -0.4 is 4.74 Å². The van der Waals surface area contributed by atoms with E-state index in [0.29, 0.717) is 21.8 Å². The van der Waals surface area contributed by atoms with Crippen LogP contribution in [0.4, 0.5) is 26.3 Å². The number of hydrogen-bond donors (Lipinski definition) is 1. The molecule has 1 unspecified atom stereocenters. The highest BCUT2D eigenvalue weighted by Gasteiger charge is 2.42. The maximum Gasteiger partial charge on any atom is 0.340 e. The normalized spacial score (nSPS) is 14.5. The largest absolute Gasteiger partial charge is 0.487 e. The lowest BCUT2D eigenvalue weighted by atomic mass is 9.90. The molecule has 0 aliphatic heterocycles. The smallest absolute Gasteiger partial charge is 0.340 e. The minimum Gasteiger partial charge on any atom is -0.487 e. The quantitative estimate of drug-likeness (QED) is 0.159. The lowest BCUT2D eigenvalue weighted by Gasteiger charge is -2.33. The van der Waals surface area contributed by atoms with E-state index in [9.17, 15) is 31.4 Å². The highest BCUT2D eigenvalue weighted by molar-refractivity contribution is 8.01. The van der Waals surface area contributed by atoms with Crippen molar-refractivity contribution in [3.63, 3.8) is 0 Å². The summed E-state index contributed by atoms with van der Waals surface area (Å²) >= 11 is 2.19. The number of hydrogen-bond acceptors (Lipinski definition) is 8. The van der Waals surface area contributed by atoms with Crippen LogP contribution in [0, 0.1) is 11.6 Å². The number of nitrogens with zero attached hydrogens (tertiary/aromatic N) is 5. The van der Waals surface area contributed by atoms with Gasteiger partial charge in [0, 0.05) is 16.9 Å². The van der Waals surface area contributed by atoms with E-state index in [4.69, 9.17) is 4.74 Å². The number of halogens is 6. The van der Waals surface area contributed by atoms with Gasteiger partial charge in [-0.2, -0.15) is 18.3 Å². The van der Waals surface area contributed by atoms with Gasteiger partial charge in [-0.15, -0.1) is 0 Å². The molecule has 212 valence electrons. The molecule has 2 atom stereocenters. The molecule has 0 aliphatic rings. The molecule has 0 bridgehead atoms. The predicted octanol–water partition coefficient (Wildman–Crippen LogP) is 5.93. The van der Waals surface area contributed by atoms with E-state index in [2.05, 4.69) is 19.4 Å². The van der Waals surface area contributed by atoms with Crippen LogP contribution in [0.1, 0.15) is 23.9 Å². The predicted molar refractivity (Wildman–Crippen MR) is 137 cm³/mol. The van der Waals surface area contributed by atoms with Crippen LogP contribution in [-0.4, -0.2) is 53.4 Å². The molecule has 7 nitrogen and oxygen atoms in total. The summed E-state index contributed by atoms with van der Waals surface area (Å²) < 4.78 is 89.6. The van der Waals surface area contributed by atoms with E-state index in [1.54, 1.807) is 19.1 Å². The van der Waals surface area contributed by atoms with Crippen molar-refractivity contribution in [1.29, 1.82) is 0 Å². The number of aliphatic hydroxyl groups is 1. The van der Waals surface area contributed by atoms with Gasteiger partial charge in [-0.05, 0) is 48.3 Å². The third-order valence-corrected chi connectivity index (χ3v) is 7.77. The molecule has 0 amide bonds. The van der Waals surface area contributed by atoms with Crippen LogP contribution in [0.3, 0.4) is 0 Å². The van der Waals surface area contributed by atoms with Crippen molar-refractivity contribution < 1.29 is 36.2 Å². The van der Waals surface area contributed by atoms with Crippen LogP contribution in [0.15, 0.2) is 59.5 Å². The number of aromatic nitrogens is 5. The second-order valence-electron chi connectivity index (χ2n) is 8.57. The molecule has 0 saturated carbocycles. The molecular weight excluding hydrogens is 580 g/mol. The van der Waals surface area contributed by atoms with Crippen molar-refractivity contribution in [1.82, 2.24) is 24.1 Å². The van der Waals surface area contributed by atoms with E-state index < -0.39 is 41.4 Å². The fourth-order valence-corrected chi connectivity index (χ4v) is 5.48. The monoisotopic (exact) mass is 601 g/mol. The van der Waals surface area contributed by atoms with Crippen LogP contribution in [0.2, 0.25) is 0 Å². The summed E-state index contributed by atoms with van der Waals surface area (Å²) in [5.74, 6) is -5.59. The van der Waals surface area contributed by atoms with Gasteiger partial charge in [0.1, 0.15) is 35.6 Å². The van der Waals surface area contributed by atoms with E-state index in [0.717, 1.165) is 29.4 Å². The minimum atomic E-state index is -4.25. The van der Waals surface area contributed by atoms with E-state index in [-0.39, 0.29) is 17.9 Å². The van der Waals surface area contributed by atoms with Gasteiger partial charge in [0.05, 0.1) is 6.54 Å². The van der Waals surface area contributed by atoms with Gasteiger partial charge in [0.25, 0.3) is 0 Å². The minimum absolute atomic E-state index is 0.00732. The fraction of sp³-hybridized carbons (Fsp3) is 0.280. The summed E-state index contributed by atoms with van der Waals surface area (Å²) in [6.45, 7) is 0.0695. The summed E-state index contributed by atoms with van der Waals surface area (Å²) in [5, 5.41) is 14.9. The van der Waals surface area contributed by atoms with Crippen molar-refractivity contribution >= 4 is 35.4 Å². The zero-order valence-electron chi connectivity index (χ0n) is 20.6. The average molecular weight is 602 g/mol. The Bertz CT molecular complexity index is 1440. The summed E-state index contributed by atoms with van der Waals surface area (Å²) in [6.07, 6.45) is 2.06. The fourth-order valence-electron chi connectivity index (χ4n) is 3.51. The third-order valence-electron chi connectivity index (χ3n) is 5.70. The Hall–Kier alpha value is -3.43. The van der Waals surface area contributed by atoms with Gasteiger partial charge in [-0.25, -0.2) is 32.2 Å². The summed E-state index contributed by atoms with van der Waals surface area (Å²) in [6, 6.07) is 8.76. The first kappa shape index (κ1) is 29.6. The van der Waals surface area contributed by atoms with E-state index in [1.165, 1.54) is 47.7 Å². The van der Waals surface area contributed by atoms with Crippen molar-refractivity contribution in [2.75, 3.05) is 6.61 Å². The molecule has 40 heavy (non-hydrogen) atoms. The van der Waals surface area contributed by atoms with Crippen molar-refractivity contribution in [3.05, 3.63) is 83.7 Å². The first-order chi connectivity index (χ1) is 19.0. The molecule has 2 aromatic carbocycles. The third kappa shape index (κ3) is 7.20. The van der Waals surface area contributed by atoms with Gasteiger partial charge < -0.3 is 9.84 Å². The summed E-state index contributed by atoms with van der Waals surface area (Å²) in [4.78, 5) is 8.25. The Labute approximate surface area is 232 Å². The maximum absolute atomic E-state index is 14.7. The molecule has 4 aromatic rings. The zero-order valence-corrected chi connectivity index (χ0v) is 22.2. The molecule has 2 heterocycles. The number of benzene rings is 2. The van der Waals surface area contributed by atoms with Gasteiger partial charge in [0.15, 0.2) is 16.8 Å². The van der Waals surface area contributed by atoms with Gasteiger partial charge >= 0.3 is 12.3 Å². The van der Waals surface area contributed by atoms with E-state index >= 15 is 0 Å². The Kier molecular flexibility index (Phi) is 9.15. The standard InChI is InChI=1S/C25H21F6N5O2S2/c1-15(24(37,11-36-14-32-13-33-36)19-8-5-17(26)10-20(19)27)39-23-34-21(35-40-23)9-4-16-2-6-18(7-3-16)38-12-25(30,31)22(28)29/h2-10,13-15,22,37H,11-12H2,1H3/t15-,24?/m1/s1. The molecule has 0 spiro atoms. The number of rotatable bonds is 12. The summed E-state index contributed by atoms with van der Waals surface area (Å²) in [7, 11) is 0. The van der Waals surface area contributed by atoms with Gasteiger partial charge in [-0.1, -0.05) is 36.0 Å². The molecule has 2 aromatic heterocycles. The maximum atomic E-state index is 14.7. The Morgan fingerprint density at radius 3 is 2.52 bits per heavy atom. The van der Waals surface area contributed by atoms with Crippen molar-refractivity contribution in [3.8, 4) is 5.75 Å². The number of thioether (sulfide) groups is 1. The average Bonchev–Trinajstić information content (AvgIpc) is 3.58. The topological polar surface area (TPSA) is 86.0 Å². The van der Waals surface area contributed by atoms with Crippen molar-refractivity contribution in [2.45, 2.75) is 41.0 Å². The Balaban J connectivity index is 1.43. The molecule has 4 rings (SSSR count). The number of alkyl halides is 4. The van der Waals surface area contributed by atoms with Crippen LogP contribution in [0.25, 0.3) is 12.2 Å². The lowest BCUT2D eigenvalue weighted by molar-refractivity contribution is -0.148. The van der Waals surface area contributed by atoms with Crippen LogP contribution in [-0.2, 0) is 12.1 Å². The van der Waals surface area contributed by atoms with E-state index in [1.807, 2.05) is 0 Å². The zero-order chi connectivity index (χ0) is 28.9. The Morgan fingerprint density at radius 1 is 1.12 bits per heavy atom. The highest BCUT2D eigenvalue weighted by atomic mass is 32.2. The van der Waals surface area contributed by atoms with Crippen molar-refractivity contribution in [2.24, 2.45) is 0 Å². The molecule has 0 aliphatic carbocycles. The number of ether oxygens (including phenoxy) is 1. The van der Waals surface area contributed by atoms with Crippen LogP contribution >= 0.6 is 23.3 Å². The SMILES string of the molecule is C[C@@H](Sc1nc(C=Cc2ccc(OCC(F)(F)C(F)F)cc2)ns1)C(O)(Cn1cncn1)c1ccc(F)cc1F. The van der Waals surface area contributed by atoms with Crippen LogP contribution in [0.5, 0.6) is 5.75 Å². The van der Waals surface area contributed by atoms with Gasteiger partial charge in [-0.3, -0.25) is 0 Å². The first-order valence-electron chi connectivity index (χ1n) is 11.5. The summed E-state index contributed by atoms with van der Waals surface area (Å²) in [5.41, 5.74) is -1.29.